The van der Waals surface area contributed by atoms with E-state index in [1.807, 2.05) is 74.5 Å². The van der Waals surface area contributed by atoms with Crippen LogP contribution < -0.4 is 5.32 Å². The van der Waals surface area contributed by atoms with Crippen LogP contribution in [0.1, 0.15) is 18.1 Å². The summed E-state index contributed by atoms with van der Waals surface area (Å²) in [5.41, 5.74) is 3.49. The highest BCUT2D eigenvalue weighted by Gasteiger charge is 2.12. The molecule has 0 aliphatic carbocycles. The lowest BCUT2D eigenvalue weighted by molar-refractivity contribution is -0.131. The molecule has 2 aromatic rings. The highest BCUT2D eigenvalue weighted by atomic mass is 32.2. The number of para-hydroxylation sites is 1. The lowest BCUT2D eigenvalue weighted by atomic mass is 10.1. The molecule has 0 saturated carbocycles. The van der Waals surface area contributed by atoms with Gasteiger partial charge in [-0.2, -0.15) is 0 Å². The van der Waals surface area contributed by atoms with Crippen molar-refractivity contribution in [1.82, 2.24) is 0 Å². The van der Waals surface area contributed by atoms with Crippen LogP contribution in [-0.4, -0.2) is 22.7 Å². The van der Waals surface area contributed by atoms with E-state index < -0.39 is 5.97 Å². The van der Waals surface area contributed by atoms with Gasteiger partial charge >= 0.3 is 5.97 Å². The van der Waals surface area contributed by atoms with Crippen molar-refractivity contribution in [3.63, 3.8) is 0 Å². The Labute approximate surface area is 157 Å². The highest BCUT2D eigenvalue weighted by Crippen LogP contribution is 2.20. The highest BCUT2D eigenvalue weighted by molar-refractivity contribution is 8.04. The second-order valence-electron chi connectivity index (χ2n) is 5.76. The van der Waals surface area contributed by atoms with Crippen molar-refractivity contribution >= 4 is 35.4 Å². The molecule has 134 valence electrons. The van der Waals surface area contributed by atoms with Crippen molar-refractivity contribution in [2.75, 3.05) is 11.1 Å². The fourth-order valence-corrected chi connectivity index (χ4v) is 3.02. The molecular formula is C21H21NO3S. The first-order valence-electron chi connectivity index (χ1n) is 8.12. The molecule has 4 nitrogen and oxygen atoms in total. The van der Waals surface area contributed by atoms with Gasteiger partial charge in [-0.25, -0.2) is 4.79 Å². The van der Waals surface area contributed by atoms with Gasteiger partial charge < -0.3 is 10.4 Å². The van der Waals surface area contributed by atoms with Gasteiger partial charge in [0.15, 0.2) is 0 Å². The minimum absolute atomic E-state index is 0.0328. The molecule has 0 bridgehead atoms. The first-order valence-corrected chi connectivity index (χ1v) is 9.11. The SMILES string of the molecule is CC(=C\c1ccccc1)/C=C(/SCC(=O)Nc1ccccc1C)C(=O)O. The standard InChI is InChI=1S/C21H21NO3S/c1-15(12-17-9-4-3-5-10-17)13-19(21(24)25)26-14-20(23)22-18-11-7-6-8-16(18)2/h3-13H,14H2,1-2H3,(H,22,23)(H,24,25)/b15-12+,19-13+. The van der Waals surface area contributed by atoms with Gasteiger partial charge in [-0.15, -0.1) is 11.8 Å². The van der Waals surface area contributed by atoms with Crippen molar-refractivity contribution in [2.24, 2.45) is 0 Å². The number of aryl methyl sites for hydroxylation is 1. The number of amides is 1. The van der Waals surface area contributed by atoms with Gasteiger partial charge in [-0.05, 0) is 42.7 Å². The number of rotatable bonds is 7. The molecule has 0 aliphatic rings. The van der Waals surface area contributed by atoms with Crippen LogP contribution in [-0.2, 0) is 9.59 Å². The van der Waals surface area contributed by atoms with Gasteiger partial charge in [-0.3, -0.25) is 4.79 Å². The van der Waals surface area contributed by atoms with Gasteiger partial charge in [-0.1, -0.05) is 54.6 Å². The number of hydrogen-bond acceptors (Lipinski definition) is 3. The Morgan fingerprint density at radius 3 is 2.38 bits per heavy atom. The number of anilines is 1. The summed E-state index contributed by atoms with van der Waals surface area (Å²) in [6, 6.07) is 17.1. The Kier molecular flexibility index (Phi) is 7.24. The number of carboxylic acid groups (broad SMARTS) is 1. The zero-order valence-electron chi connectivity index (χ0n) is 14.7. The maximum Gasteiger partial charge on any atom is 0.342 e. The lowest BCUT2D eigenvalue weighted by Gasteiger charge is -2.08. The first kappa shape index (κ1) is 19.5. The van der Waals surface area contributed by atoms with Gasteiger partial charge in [0.2, 0.25) is 5.91 Å². The van der Waals surface area contributed by atoms with Crippen molar-refractivity contribution in [1.29, 1.82) is 0 Å². The number of carboxylic acids is 1. The van der Waals surface area contributed by atoms with Crippen LogP contribution in [0.5, 0.6) is 0 Å². The van der Waals surface area contributed by atoms with Crippen LogP contribution >= 0.6 is 11.8 Å². The van der Waals surface area contributed by atoms with Gasteiger partial charge in [0.25, 0.3) is 0 Å². The zero-order chi connectivity index (χ0) is 18.9. The molecule has 0 atom stereocenters. The van der Waals surface area contributed by atoms with Crippen LogP contribution in [0.3, 0.4) is 0 Å². The number of carbonyl (C=O) groups is 2. The molecule has 0 aromatic heterocycles. The molecule has 0 heterocycles. The predicted octanol–water partition coefficient (Wildman–Crippen LogP) is 4.74. The van der Waals surface area contributed by atoms with Crippen molar-refractivity contribution in [3.05, 3.63) is 82.3 Å². The molecule has 0 saturated heterocycles. The maximum atomic E-state index is 12.1. The number of nitrogens with one attached hydrogen (secondary N) is 1. The van der Waals surface area contributed by atoms with E-state index in [9.17, 15) is 14.7 Å². The van der Waals surface area contributed by atoms with E-state index in [0.717, 1.165) is 34.1 Å². The van der Waals surface area contributed by atoms with Crippen molar-refractivity contribution in [2.45, 2.75) is 13.8 Å². The molecule has 0 aliphatic heterocycles. The lowest BCUT2D eigenvalue weighted by Crippen LogP contribution is -2.15. The fourth-order valence-electron chi connectivity index (χ4n) is 2.27. The summed E-state index contributed by atoms with van der Waals surface area (Å²) in [6.07, 6.45) is 3.48. The molecule has 2 N–H and O–H groups in total. The first-order chi connectivity index (χ1) is 12.5. The van der Waals surface area contributed by atoms with Crippen LogP contribution in [0.15, 0.2) is 71.2 Å². The van der Waals surface area contributed by atoms with Gasteiger partial charge in [0, 0.05) is 5.69 Å². The molecule has 26 heavy (non-hydrogen) atoms. The number of hydrogen-bond donors (Lipinski definition) is 2. The maximum absolute atomic E-state index is 12.1. The van der Waals surface area contributed by atoms with E-state index in [4.69, 9.17) is 0 Å². The number of benzene rings is 2. The Morgan fingerprint density at radius 2 is 1.73 bits per heavy atom. The summed E-state index contributed by atoms with van der Waals surface area (Å²) in [5.74, 6) is -1.24. The van der Waals surface area contributed by atoms with E-state index >= 15 is 0 Å². The second-order valence-corrected chi connectivity index (χ2v) is 6.78. The molecule has 0 fully saturated rings. The predicted molar refractivity (Wildman–Crippen MR) is 108 cm³/mol. The molecule has 0 radical (unpaired) electrons. The van der Waals surface area contributed by atoms with Gasteiger partial charge in [0.1, 0.15) is 0 Å². The van der Waals surface area contributed by atoms with E-state index in [-0.39, 0.29) is 16.6 Å². The second kappa shape index (κ2) is 9.63. The zero-order valence-corrected chi connectivity index (χ0v) is 15.5. The molecule has 5 heteroatoms. The summed E-state index contributed by atoms with van der Waals surface area (Å²) >= 11 is 1.01. The third kappa shape index (κ3) is 6.26. The average Bonchev–Trinajstić information content (AvgIpc) is 2.61. The normalized spacial score (nSPS) is 11.9. The molecule has 0 spiro atoms. The molecule has 2 rings (SSSR count). The van der Waals surface area contributed by atoms with Crippen LogP contribution in [0.4, 0.5) is 5.69 Å². The quantitative estimate of drug-likeness (QED) is 0.548. The summed E-state index contributed by atoms with van der Waals surface area (Å²) in [7, 11) is 0. The van der Waals surface area contributed by atoms with Crippen molar-refractivity contribution in [3.8, 4) is 0 Å². The fraction of sp³-hybridized carbons (Fsp3) is 0.143. The summed E-state index contributed by atoms with van der Waals surface area (Å²) in [6.45, 7) is 3.74. The Balaban J connectivity index is 2.01. The largest absolute Gasteiger partial charge is 0.477 e. The summed E-state index contributed by atoms with van der Waals surface area (Å²) in [4.78, 5) is 23.7. The van der Waals surface area contributed by atoms with Crippen molar-refractivity contribution < 1.29 is 14.7 Å². The minimum atomic E-state index is -1.04. The molecular weight excluding hydrogens is 346 g/mol. The Bertz CT molecular complexity index is 841. The number of carbonyl (C=O) groups excluding carboxylic acids is 1. The van der Waals surface area contributed by atoms with E-state index in [2.05, 4.69) is 5.32 Å². The Hall–Kier alpha value is -2.79. The van der Waals surface area contributed by atoms with Crippen LogP contribution in [0, 0.1) is 6.92 Å². The Morgan fingerprint density at radius 1 is 1.08 bits per heavy atom. The number of aliphatic carboxylic acids is 1. The molecule has 2 aromatic carbocycles. The third-order valence-corrected chi connectivity index (χ3v) is 4.55. The number of thioether (sulfide) groups is 1. The van der Waals surface area contributed by atoms with E-state index in [1.54, 1.807) is 6.08 Å². The molecule has 1 amide bonds. The minimum Gasteiger partial charge on any atom is -0.477 e. The average molecular weight is 367 g/mol. The topological polar surface area (TPSA) is 66.4 Å². The smallest absolute Gasteiger partial charge is 0.342 e. The van der Waals surface area contributed by atoms with Crippen LogP contribution in [0.25, 0.3) is 6.08 Å². The van der Waals surface area contributed by atoms with E-state index in [0.29, 0.717) is 0 Å². The third-order valence-electron chi connectivity index (χ3n) is 3.54. The summed E-state index contributed by atoms with van der Waals surface area (Å²) in [5, 5.41) is 12.2. The molecule has 0 unspecified atom stereocenters. The van der Waals surface area contributed by atoms with Gasteiger partial charge in [0.05, 0.1) is 10.7 Å². The number of allylic oxidation sites excluding steroid dienone is 2. The monoisotopic (exact) mass is 367 g/mol. The van der Waals surface area contributed by atoms with E-state index in [1.165, 1.54) is 0 Å². The van der Waals surface area contributed by atoms with Crippen LogP contribution in [0.2, 0.25) is 0 Å². The summed E-state index contributed by atoms with van der Waals surface area (Å²) < 4.78 is 0.